The molecular weight excluding hydrogens is 214 g/mol. The molecule has 1 aromatic carbocycles. The van der Waals surface area contributed by atoms with Crippen molar-refractivity contribution in [1.82, 2.24) is 5.32 Å². The van der Waals surface area contributed by atoms with E-state index < -0.39 is 0 Å². The van der Waals surface area contributed by atoms with Gasteiger partial charge >= 0.3 is 0 Å². The summed E-state index contributed by atoms with van der Waals surface area (Å²) >= 11 is 0. The number of carbonyl (C=O) groups excluding carboxylic acids is 2. The molecule has 0 fully saturated rings. The summed E-state index contributed by atoms with van der Waals surface area (Å²) in [7, 11) is 0. The third-order valence-electron chi connectivity index (χ3n) is 2.68. The number of nitrogens with one attached hydrogen (secondary N) is 1. The van der Waals surface area contributed by atoms with Crippen molar-refractivity contribution in [3.63, 3.8) is 0 Å². The predicted molar refractivity (Wildman–Crippen MR) is 67.5 cm³/mol. The first kappa shape index (κ1) is 13.4. The average molecular weight is 233 g/mol. The number of amides is 1. The van der Waals surface area contributed by atoms with Crippen molar-refractivity contribution in [3.8, 4) is 0 Å². The molecule has 0 saturated heterocycles. The molecule has 0 spiro atoms. The topological polar surface area (TPSA) is 46.2 Å². The minimum atomic E-state index is -0.198. The van der Waals surface area contributed by atoms with E-state index in [1.807, 2.05) is 37.3 Å². The van der Waals surface area contributed by atoms with Gasteiger partial charge in [-0.05, 0) is 5.56 Å². The number of ketones is 1. The Labute approximate surface area is 102 Å². The Bertz CT molecular complexity index is 355. The van der Waals surface area contributed by atoms with E-state index in [0.29, 0.717) is 19.3 Å². The molecule has 1 amide bonds. The molecule has 1 rings (SSSR count). The molecule has 1 atom stereocenters. The van der Waals surface area contributed by atoms with Gasteiger partial charge in [0.1, 0.15) is 5.78 Å². The van der Waals surface area contributed by atoms with Crippen LogP contribution in [0.4, 0.5) is 0 Å². The van der Waals surface area contributed by atoms with Crippen molar-refractivity contribution >= 4 is 11.7 Å². The highest BCUT2D eigenvalue weighted by Crippen LogP contribution is 2.17. The van der Waals surface area contributed by atoms with Crippen molar-refractivity contribution in [2.75, 3.05) is 0 Å². The summed E-state index contributed by atoms with van der Waals surface area (Å²) in [5, 5.41) is 2.89. The number of Topliss-reactive ketones (excluding diaryl/α,β-unsaturated/α-hetero) is 1. The summed E-state index contributed by atoms with van der Waals surface area (Å²) in [6.45, 7) is 3.64. The Hall–Kier alpha value is -1.64. The summed E-state index contributed by atoms with van der Waals surface area (Å²) in [4.78, 5) is 23.0. The lowest BCUT2D eigenvalue weighted by Crippen LogP contribution is -2.29. The number of hydrogen-bond acceptors (Lipinski definition) is 2. The number of hydrogen-bond donors (Lipinski definition) is 1. The predicted octanol–water partition coefficient (Wildman–Crippen LogP) is 2.62. The average Bonchev–Trinajstić information content (AvgIpc) is 2.38. The van der Waals surface area contributed by atoms with Crippen LogP contribution in [0.1, 0.15) is 44.7 Å². The highest BCUT2D eigenvalue weighted by Gasteiger charge is 2.16. The fourth-order valence-corrected chi connectivity index (χ4v) is 1.61. The van der Waals surface area contributed by atoms with Crippen LogP contribution < -0.4 is 5.32 Å². The second-order valence-electron chi connectivity index (χ2n) is 3.98. The van der Waals surface area contributed by atoms with Gasteiger partial charge in [-0.3, -0.25) is 9.59 Å². The van der Waals surface area contributed by atoms with Crippen LogP contribution in [0.3, 0.4) is 0 Å². The first-order valence-corrected chi connectivity index (χ1v) is 6.03. The third-order valence-corrected chi connectivity index (χ3v) is 2.68. The molecule has 0 radical (unpaired) electrons. The summed E-state index contributed by atoms with van der Waals surface area (Å²) in [6, 6.07) is 9.42. The molecule has 0 unspecified atom stereocenters. The molecule has 92 valence electrons. The molecule has 0 aliphatic heterocycles. The molecular formula is C14H19NO2. The van der Waals surface area contributed by atoms with Gasteiger partial charge in [-0.1, -0.05) is 44.2 Å². The maximum absolute atomic E-state index is 11.5. The third kappa shape index (κ3) is 4.39. The normalized spacial score (nSPS) is 11.9. The molecule has 3 heteroatoms. The quantitative estimate of drug-likeness (QED) is 0.821. The summed E-state index contributed by atoms with van der Waals surface area (Å²) in [6.07, 6.45) is 1.31. The lowest BCUT2D eigenvalue weighted by atomic mass is 10.0. The van der Waals surface area contributed by atoms with Crippen LogP contribution in [0.25, 0.3) is 0 Å². The van der Waals surface area contributed by atoms with Crippen molar-refractivity contribution in [1.29, 1.82) is 0 Å². The maximum atomic E-state index is 11.5. The van der Waals surface area contributed by atoms with Gasteiger partial charge in [0.25, 0.3) is 0 Å². The smallest absolute Gasteiger partial charge is 0.220 e. The lowest BCUT2D eigenvalue weighted by molar-refractivity contribution is -0.122. The second kappa shape index (κ2) is 6.84. The standard InChI is InChI=1S/C14H19NO2/c1-3-12(16)10-13(15-14(17)4-2)11-8-6-5-7-9-11/h5-9,13H,3-4,10H2,1-2H3,(H,15,17)/t13-/m0/s1. The van der Waals surface area contributed by atoms with Gasteiger partial charge in [-0.2, -0.15) is 0 Å². The van der Waals surface area contributed by atoms with E-state index in [9.17, 15) is 9.59 Å². The van der Waals surface area contributed by atoms with Crippen molar-refractivity contribution in [2.45, 2.75) is 39.2 Å². The highest BCUT2D eigenvalue weighted by atomic mass is 16.1. The molecule has 0 aromatic heterocycles. The van der Waals surface area contributed by atoms with E-state index in [-0.39, 0.29) is 17.7 Å². The molecule has 0 bridgehead atoms. The summed E-state index contributed by atoms with van der Waals surface area (Å²) < 4.78 is 0. The van der Waals surface area contributed by atoms with E-state index in [1.165, 1.54) is 0 Å². The van der Waals surface area contributed by atoms with Crippen molar-refractivity contribution in [3.05, 3.63) is 35.9 Å². The van der Waals surface area contributed by atoms with E-state index in [1.54, 1.807) is 6.92 Å². The fourth-order valence-electron chi connectivity index (χ4n) is 1.61. The summed E-state index contributed by atoms with van der Waals surface area (Å²) in [5.74, 6) is 0.137. The fraction of sp³-hybridized carbons (Fsp3) is 0.429. The van der Waals surface area contributed by atoms with Gasteiger partial charge in [-0.25, -0.2) is 0 Å². The van der Waals surface area contributed by atoms with Gasteiger partial charge in [0.15, 0.2) is 0 Å². The van der Waals surface area contributed by atoms with Gasteiger partial charge in [0, 0.05) is 19.3 Å². The van der Waals surface area contributed by atoms with E-state index in [4.69, 9.17) is 0 Å². The van der Waals surface area contributed by atoms with Gasteiger partial charge < -0.3 is 5.32 Å². The number of rotatable bonds is 6. The number of carbonyl (C=O) groups is 2. The SMILES string of the molecule is CCC(=O)C[C@H](NC(=O)CC)c1ccccc1. The van der Waals surface area contributed by atoms with Crippen LogP contribution in [0.5, 0.6) is 0 Å². The zero-order valence-corrected chi connectivity index (χ0v) is 10.4. The Kier molecular flexibility index (Phi) is 5.40. The van der Waals surface area contributed by atoms with E-state index in [2.05, 4.69) is 5.32 Å². The molecule has 0 heterocycles. The first-order valence-electron chi connectivity index (χ1n) is 6.03. The van der Waals surface area contributed by atoms with Crippen LogP contribution in [-0.2, 0) is 9.59 Å². The van der Waals surface area contributed by atoms with Gasteiger partial charge in [0.05, 0.1) is 6.04 Å². The molecule has 1 aromatic rings. The van der Waals surface area contributed by atoms with Crippen LogP contribution >= 0.6 is 0 Å². The molecule has 3 nitrogen and oxygen atoms in total. The van der Waals surface area contributed by atoms with Crippen LogP contribution in [0, 0.1) is 0 Å². The molecule has 0 aliphatic carbocycles. The largest absolute Gasteiger partial charge is 0.349 e. The van der Waals surface area contributed by atoms with E-state index >= 15 is 0 Å². The van der Waals surface area contributed by atoms with E-state index in [0.717, 1.165) is 5.56 Å². The highest BCUT2D eigenvalue weighted by molar-refractivity contribution is 5.81. The second-order valence-corrected chi connectivity index (χ2v) is 3.98. The molecule has 0 saturated carbocycles. The first-order chi connectivity index (χ1) is 8.17. The molecule has 17 heavy (non-hydrogen) atoms. The lowest BCUT2D eigenvalue weighted by Gasteiger charge is -2.18. The summed E-state index contributed by atoms with van der Waals surface area (Å²) in [5.41, 5.74) is 0.983. The van der Waals surface area contributed by atoms with Crippen LogP contribution in [-0.4, -0.2) is 11.7 Å². The van der Waals surface area contributed by atoms with Gasteiger partial charge in [0.2, 0.25) is 5.91 Å². The Balaban J connectivity index is 2.79. The minimum absolute atomic E-state index is 0.0252. The van der Waals surface area contributed by atoms with Crippen molar-refractivity contribution < 1.29 is 9.59 Å². The van der Waals surface area contributed by atoms with Gasteiger partial charge in [-0.15, -0.1) is 0 Å². The van der Waals surface area contributed by atoms with Crippen molar-refractivity contribution in [2.24, 2.45) is 0 Å². The molecule has 1 N–H and O–H groups in total. The van der Waals surface area contributed by atoms with Crippen LogP contribution in [0.15, 0.2) is 30.3 Å². The van der Waals surface area contributed by atoms with Crippen LogP contribution in [0.2, 0.25) is 0 Å². The maximum Gasteiger partial charge on any atom is 0.220 e. The number of benzene rings is 1. The Morgan fingerprint density at radius 2 is 1.76 bits per heavy atom. The minimum Gasteiger partial charge on any atom is -0.349 e. The zero-order valence-electron chi connectivity index (χ0n) is 10.4. The molecule has 0 aliphatic rings. The monoisotopic (exact) mass is 233 g/mol. The Morgan fingerprint density at radius 1 is 1.12 bits per heavy atom. The zero-order chi connectivity index (χ0) is 12.7. The Morgan fingerprint density at radius 3 is 2.29 bits per heavy atom.